The first kappa shape index (κ1) is 22.3. The molecule has 0 atom stereocenters. The van der Waals surface area contributed by atoms with Gasteiger partial charge in [-0.1, -0.05) is 50.6 Å². The van der Waals surface area contributed by atoms with Gasteiger partial charge in [0.15, 0.2) is 0 Å². The molecule has 6 heteroatoms. The van der Waals surface area contributed by atoms with Crippen LogP contribution in [0.15, 0.2) is 66.7 Å². The summed E-state index contributed by atoms with van der Waals surface area (Å²) in [6.07, 6.45) is 0. The molecule has 0 radical (unpaired) electrons. The van der Waals surface area contributed by atoms with Crippen molar-refractivity contribution >= 4 is 57.4 Å². The van der Waals surface area contributed by atoms with E-state index in [4.69, 9.17) is 11.6 Å². The second-order valence-corrected chi connectivity index (χ2v) is 9.59. The second kappa shape index (κ2) is 9.18. The smallest absolute Gasteiger partial charge is 0.257 e. The van der Waals surface area contributed by atoms with Crippen molar-refractivity contribution in [1.29, 1.82) is 0 Å². The largest absolute Gasteiger partial charge is 0.322 e. The summed E-state index contributed by atoms with van der Waals surface area (Å²) in [5.74, 6) is -0.514. The molecular formula is C24H22ClIN2O2. The Morgan fingerprint density at radius 1 is 0.833 bits per heavy atom. The molecule has 154 valence electrons. The van der Waals surface area contributed by atoms with E-state index in [1.807, 2.05) is 30.3 Å². The van der Waals surface area contributed by atoms with E-state index in [0.717, 1.165) is 9.13 Å². The summed E-state index contributed by atoms with van der Waals surface area (Å²) in [6.45, 7) is 6.39. The molecule has 0 unspecified atom stereocenters. The Morgan fingerprint density at radius 3 is 2.03 bits per heavy atom. The quantitative estimate of drug-likeness (QED) is 0.365. The van der Waals surface area contributed by atoms with Gasteiger partial charge in [-0.2, -0.15) is 0 Å². The molecule has 2 N–H and O–H groups in total. The molecule has 0 fully saturated rings. The number of nitrogens with one attached hydrogen (secondary N) is 2. The molecule has 3 aromatic rings. The minimum absolute atomic E-state index is 0.0290. The maximum Gasteiger partial charge on any atom is 0.257 e. The lowest BCUT2D eigenvalue weighted by Gasteiger charge is -2.19. The first-order valence-electron chi connectivity index (χ1n) is 9.42. The van der Waals surface area contributed by atoms with E-state index in [2.05, 4.69) is 54.0 Å². The van der Waals surface area contributed by atoms with Gasteiger partial charge in [-0.25, -0.2) is 0 Å². The van der Waals surface area contributed by atoms with Crippen molar-refractivity contribution in [1.82, 2.24) is 0 Å². The van der Waals surface area contributed by atoms with Crippen molar-refractivity contribution in [2.45, 2.75) is 26.2 Å². The third-order valence-corrected chi connectivity index (χ3v) is 5.57. The lowest BCUT2D eigenvalue weighted by Crippen LogP contribution is -2.15. The van der Waals surface area contributed by atoms with Crippen molar-refractivity contribution in [3.63, 3.8) is 0 Å². The summed E-state index contributed by atoms with van der Waals surface area (Å²) in [5.41, 5.74) is 3.32. The molecule has 3 aromatic carbocycles. The number of hydrogen-bond donors (Lipinski definition) is 2. The maximum absolute atomic E-state index is 12.6. The summed E-state index contributed by atoms with van der Waals surface area (Å²) in [5, 5.41) is 6.08. The predicted molar refractivity (Wildman–Crippen MR) is 132 cm³/mol. The van der Waals surface area contributed by atoms with E-state index in [0.29, 0.717) is 27.5 Å². The van der Waals surface area contributed by atoms with Crippen LogP contribution in [0.5, 0.6) is 0 Å². The molecule has 0 spiro atoms. The Bertz CT molecular complexity index is 1090. The Morgan fingerprint density at radius 2 is 1.43 bits per heavy atom. The standard InChI is InChI=1S/C24H22ClIN2O2/c1-24(2,3)16-9-7-15(8-10-16)22(29)27-18-5-4-6-19(14-18)28-23(30)20-13-17(26)11-12-21(20)25/h4-14H,1-3H3,(H,27,29)(H,28,30). The predicted octanol–water partition coefficient (Wildman–Crippen LogP) is 6.75. The fourth-order valence-electron chi connectivity index (χ4n) is 2.87. The van der Waals surface area contributed by atoms with Crippen LogP contribution in [0, 0.1) is 3.57 Å². The summed E-state index contributed by atoms with van der Waals surface area (Å²) in [4.78, 5) is 25.2. The lowest BCUT2D eigenvalue weighted by molar-refractivity contribution is 0.101. The van der Waals surface area contributed by atoms with Crippen LogP contribution in [-0.2, 0) is 5.41 Å². The van der Waals surface area contributed by atoms with Crippen molar-refractivity contribution in [3.8, 4) is 0 Å². The van der Waals surface area contributed by atoms with Gasteiger partial charge < -0.3 is 10.6 Å². The first-order valence-corrected chi connectivity index (χ1v) is 10.9. The highest BCUT2D eigenvalue weighted by molar-refractivity contribution is 14.1. The van der Waals surface area contributed by atoms with E-state index in [1.54, 1.807) is 36.4 Å². The van der Waals surface area contributed by atoms with E-state index < -0.39 is 0 Å². The van der Waals surface area contributed by atoms with Gasteiger partial charge in [0, 0.05) is 20.5 Å². The molecule has 0 aromatic heterocycles. The lowest BCUT2D eigenvalue weighted by atomic mass is 9.87. The van der Waals surface area contributed by atoms with E-state index in [-0.39, 0.29) is 17.2 Å². The van der Waals surface area contributed by atoms with Crippen molar-refractivity contribution < 1.29 is 9.59 Å². The van der Waals surface area contributed by atoms with Crippen LogP contribution in [0.2, 0.25) is 5.02 Å². The summed E-state index contributed by atoms with van der Waals surface area (Å²) in [7, 11) is 0. The molecule has 0 aliphatic carbocycles. The zero-order chi connectivity index (χ0) is 21.9. The van der Waals surface area contributed by atoms with Gasteiger partial charge in [0.2, 0.25) is 0 Å². The zero-order valence-corrected chi connectivity index (χ0v) is 19.8. The molecule has 0 aliphatic heterocycles. The minimum atomic E-state index is -0.306. The molecule has 0 saturated heterocycles. The highest BCUT2D eigenvalue weighted by atomic mass is 127. The van der Waals surface area contributed by atoms with Crippen LogP contribution in [0.4, 0.5) is 11.4 Å². The fourth-order valence-corrected chi connectivity index (χ4v) is 3.56. The van der Waals surface area contributed by atoms with Crippen molar-refractivity contribution in [2.75, 3.05) is 10.6 Å². The topological polar surface area (TPSA) is 58.2 Å². The number of halogens is 2. The van der Waals surface area contributed by atoms with Gasteiger partial charge in [-0.15, -0.1) is 0 Å². The molecule has 3 rings (SSSR count). The fraction of sp³-hybridized carbons (Fsp3) is 0.167. The third kappa shape index (κ3) is 5.61. The molecule has 0 saturated carbocycles. The van der Waals surface area contributed by atoms with Crippen LogP contribution < -0.4 is 10.6 Å². The van der Waals surface area contributed by atoms with Crippen LogP contribution in [0.3, 0.4) is 0 Å². The Hall–Kier alpha value is -2.38. The molecule has 2 amide bonds. The SMILES string of the molecule is CC(C)(C)c1ccc(C(=O)Nc2cccc(NC(=O)c3cc(I)ccc3Cl)c2)cc1. The molecule has 30 heavy (non-hydrogen) atoms. The van der Waals surface area contributed by atoms with E-state index >= 15 is 0 Å². The van der Waals surface area contributed by atoms with Gasteiger partial charge in [0.05, 0.1) is 10.6 Å². The molecule has 0 aliphatic rings. The number of hydrogen-bond acceptors (Lipinski definition) is 2. The van der Waals surface area contributed by atoms with Crippen molar-refractivity contribution in [2.24, 2.45) is 0 Å². The normalized spacial score (nSPS) is 11.1. The minimum Gasteiger partial charge on any atom is -0.322 e. The van der Waals surface area contributed by atoms with Crippen LogP contribution in [0.1, 0.15) is 47.1 Å². The van der Waals surface area contributed by atoms with Crippen LogP contribution in [-0.4, -0.2) is 11.8 Å². The number of anilines is 2. The highest BCUT2D eigenvalue weighted by Gasteiger charge is 2.15. The van der Waals surface area contributed by atoms with Gasteiger partial charge in [0.1, 0.15) is 0 Å². The first-order chi connectivity index (χ1) is 14.1. The Labute approximate surface area is 195 Å². The van der Waals surface area contributed by atoms with E-state index in [9.17, 15) is 9.59 Å². The molecule has 0 bridgehead atoms. The molecule has 0 heterocycles. The van der Waals surface area contributed by atoms with Crippen LogP contribution in [0.25, 0.3) is 0 Å². The van der Waals surface area contributed by atoms with Gasteiger partial charge >= 0.3 is 0 Å². The zero-order valence-electron chi connectivity index (χ0n) is 16.9. The second-order valence-electron chi connectivity index (χ2n) is 7.94. The van der Waals surface area contributed by atoms with Gasteiger partial charge in [-0.05, 0) is 82.1 Å². The van der Waals surface area contributed by atoms with Crippen molar-refractivity contribution in [3.05, 3.63) is 92.0 Å². The molecular weight excluding hydrogens is 511 g/mol. The van der Waals surface area contributed by atoms with Gasteiger partial charge in [-0.3, -0.25) is 9.59 Å². The third-order valence-electron chi connectivity index (χ3n) is 4.56. The average Bonchev–Trinajstić information content (AvgIpc) is 2.69. The highest BCUT2D eigenvalue weighted by Crippen LogP contribution is 2.24. The summed E-state index contributed by atoms with van der Waals surface area (Å²) < 4.78 is 0.917. The number of rotatable bonds is 4. The number of amides is 2. The Balaban J connectivity index is 1.71. The Kier molecular flexibility index (Phi) is 6.83. The summed E-state index contributed by atoms with van der Waals surface area (Å²) >= 11 is 8.27. The average molecular weight is 533 g/mol. The number of carbonyl (C=O) groups excluding carboxylic acids is 2. The van der Waals surface area contributed by atoms with E-state index in [1.165, 1.54) is 0 Å². The number of carbonyl (C=O) groups is 2. The number of benzene rings is 3. The monoisotopic (exact) mass is 532 g/mol. The summed E-state index contributed by atoms with van der Waals surface area (Å²) in [6, 6.07) is 19.8. The van der Waals surface area contributed by atoms with Gasteiger partial charge in [0.25, 0.3) is 11.8 Å². The van der Waals surface area contributed by atoms with Crippen LogP contribution >= 0.6 is 34.2 Å². The maximum atomic E-state index is 12.6. The molecule has 4 nitrogen and oxygen atoms in total.